The predicted octanol–water partition coefficient (Wildman–Crippen LogP) is 4.65. The molecule has 3 aromatic rings. The van der Waals surface area contributed by atoms with Gasteiger partial charge in [-0.1, -0.05) is 93.6 Å². The van der Waals surface area contributed by atoms with Crippen molar-refractivity contribution in [2.45, 2.75) is 37.0 Å². The number of hydrogen-bond donors (Lipinski definition) is 0. The lowest BCUT2D eigenvalue weighted by molar-refractivity contribution is -0.133. The van der Waals surface area contributed by atoms with Gasteiger partial charge in [-0.25, -0.2) is 8.42 Å². The first-order valence-electron chi connectivity index (χ1n) is 11.7. The molecule has 0 radical (unpaired) electrons. The quantitative estimate of drug-likeness (QED) is 0.539. The Hall–Kier alpha value is -2.96. The van der Waals surface area contributed by atoms with E-state index < -0.39 is 15.9 Å². The number of hydrogen-bond acceptors (Lipinski definition) is 3. The Kier molecular flexibility index (Phi) is 6.91. The summed E-state index contributed by atoms with van der Waals surface area (Å²) >= 11 is 0. The van der Waals surface area contributed by atoms with Crippen molar-refractivity contribution in [3.05, 3.63) is 102 Å². The minimum absolute atomic E-state index is 0.00368. The molecule has 6 heteroatoms. The van der Waals surface area contributed by atoms with Crippen LogP contribution in [-0.2, 0) is 20.2 Å². The third kappa shape index (κ3) is 5.08. The maximum Gasteiger partial charge on any atom is 0.243 e. The van der Waals surface area contributed by atoms with Crippen LogP contribution in [0.3, 0.4) is 0 Å². The molecule has 4 rings (SSSR count). The Morgan fingerprint density at radius 2 is 1.21 bits per heavy atom. The Morgan fingerprint density at radius 3 is 1.65 bits per heavy atom. The van der Waals surface area contributed by atoms with Gasteiger partial charge >= 0.3 is 0 Å². The van der Waals surface area contributed by atoms with Gasteiger partial charge in [0.2, 0.25) is 15.9 Å². The van der Waals surface area contributed by atoms with E-state index >= 15 is 0 Å². The van der Waals surface area contributed by atoms with Gasteiger partial charge in [0.1, 0.15) is 0 Å². The number of nitrogens with zero attached hydrogens (tertiary/aromatic N) is 2. The molecule has 0 atom stereocenters. The van der Waals surface area contributed by atoms with Gasteiger partial charge in [0.05, 0.1) is 10.8 Å². The fraction of sp³-hybridized carbons (Fsp3) is 0.321. The zero-order valence-electron chi connectivity index (χ0n) is 20.0. The normalized spacial score (nSPS) is 15.5. The molecule has 1 saturated heterocycles. The predicted molar refractivity (Wildman–Crippen MR) is 135 cm³/mol. The summed E-state index contributed by atoms with van der Waals surface area (Å²) in [5.74, 6) is -0.403. The summed E-state index contributed by atoms with van der Waals surface area (Å²) in [5.41, 5.74) is 2.93. The standard InChI is InChI=1S/C28H32N2O3S/c1-28(2,3)24-14-16-25(17-15-24)34(32,33)30-20-18-29(19-21-30)27(31)26(22-10-6-4-7-11-22)23-12-8-5-9-13-23/h4-17,26H,18-21H2,1-3H3. The van der Waals surface area contributed by atoms with Crippen LogP contribution in [0.5, 0.6) is 0 Å². The molecule has 1 aliphatic rings. The Morgan fingerprint density at radius 1 is 0.735 bits per heavy atom. The van der Waals surface area contributed by atoms with Gasteiger partial charge in [0.25, 0.3) is 0 Å². The molecule has 1 heterocycles. The lowest BCUT2D eigenvalue weighted by Gasteiger charge is -2.36. The summed E-state index contributed by atoms with van der Waals surface area (Å²) in [6.07, 6.45) is 0. The van der Waals surface area contributed by atoms with Crippen molar-refractivity contribution in [2.75, 3.05) is 26.2 Å². The first kappa shape index (κ1) is 24.2. The molecule has 1 amide bonds. The zero-order chi connectivity index (χ0) is 24.3. The van der Waals surface area contributed by atoms with Crippen molar-refractivity contribution in [3.8, 4) is 0 Å². The maximum atomic E-state index is 13.6. The van der Waals surface area contributed by atoms with Gasteiger partial charge in [0, 0.05) is 26.2 Å². The van der Waals surface area contributed by atoms with Crippen LogP contribution in [0.15, 0.2) is 89.8 Å². The van der Waals surface area contributed by atoms with E-state index in [0.29, 0.717) is 18.0 Å². The molecule has 1 aliphatic heterocycles. The highest BCUT2D eigenvalue weighted by molar-refractivity contribution is 7.89. The fourth-order valence-electron chi connectivity index (χ4n) is 4.38. The van der Waals surface area contributed by atoms with Crippen molar-refractivity contribution >= 4 is 15.9 Å². The second-order valence-corrected chi connectivity index (χ2v) is 11.7. The lowest BCUT2D eigenvalue weighted by atomic mass is 9.87. The van der Waals surface area contributed by atoms with Crippen LogP contribution >= 0.6 is 0 Å². The molecule has 0 spiro atoms. The molecule has 0 aliphatic carbocycles. The third-order valence-corrected chi connectivity index (χ3v) is 8.33. The molecular formula is C28H32N2O3S. The second-order valence-electron chi connectivity index (χ2n) is 9.76. The van der Waals surface area contributed by atoms with E-state index in [9.17, 15) is 13.2 Å². The minimum atomic E-state index is -3.60. The lowest BCUT2D eigenvalue weighted by Crippen LogP contribution is -2.51. The summed E-state index contributed by atoms with van der Waals surface area (Å²) in [5, 5.41) is 0. The topological polar surface area (TPSA) is 57.7 Å². The molecule has 0 N–H and O–H groups in total. The van der Waals surface area contributed by atoms with Crippen LogP contribution in [0.1, 0.15) is 43.4 Å². The van der Waals surface area contributed by atoms with Gasteiger partial charge in [-0.05, 0) is 34.2 Å². The van der Waals surface area contributed by atoms with Gasteiger partial charge in [-0.3, -0.25) is 4.79 Å². The van der Waals surface area contributed by atoms with Crippen LogP contribution < -0.4 is 0 Å². The Labute approximate surface area is 203 Å². The van der Waals surface area contributed by atoms with Crippen molar-refractivity contribution in [2.24, 2.45) is 0 Å². The SMILES string of the molecule is CC(C)(C)c1ccc(S(=O)(=O)N2CCN(C(=O)C(c3ccccc3)c3ccccc3)CC2)cc1. The fourth-order valence-corrected chi connectivity index (χ4v) is 5.80. The Balaban J connectivity index is 1.49. The van der Waals surface area contributed by atoms with E-state index in [1.807, 2.05) is 72.8 Å². The summed E-state index contributed by atoms with van der Waals surface area (Å²) in [6, 6.07) is 26.7. The van der Waals surface area contributed by atoms with E-state index in [2.05, 4.69) is 20.8 Å². The smallest absolute Gasteiger partial charge is 0.243 e. The van der Waals surface area contributed by atoms with Gasteiger partial charge in [-0.2, -0.15) is 4.31 Å². The number of piperazine rings is 1. The number of rotatable bonds is 5. The van der Waals surface area contributed by atoms with Gasteiger partial charge in [0.15, 0.2) is 0 Å². The van der Waals surface area contributed by atoms with Crippen LogP contribution in [0.2, 0.25) is 0 Å². The van der Waals surface area contributed by atoms with Crippen molar-refractivity contribution in [1.29, 1.82) is 0 Å². The highest BCUT2D eigenvalue weighted by Gasteiger charge is 2.33. The van der Waals surface area contributed by atoms with E-state index in [1.54, 1.807) is 17.0 Å². The summed E-state index contributed by atoms with van der Waals surface area (Å²) in [7, 11) is -3.60. The maximum absolute atomic E-state index is 13.6. The zero-order valence-corrected chi connectivity index (χ0v) is 20.8. The van der Waals surface area contributed by atoms with Gasteiger partial charge in [-0.15, -0.1) is 0 Å². The monoisotopic (exact) mass is 476 g/mol. The van der Waals surface area contributed by atoms with E-state index in [0.717, 1.165) is 16.7 Å². The molecule has 0 unspecified atom stereocenters. The second kappa shape index (κ2) is 9.72. The average Bonchev–Trinajstić information content (AvgIpc) is 2.85. The first-order valence-corrected chi connectivity index (χ1v) is 13.1. The molecule has 3 aromatic carbocycles. The Bertz CT molecular complexity index is 1170. The number of carbonyl (C=O) groups excluding carboxylic acids is 1. The van der Waals surface area contributed by atoms with E-state index in [4.69, 9.17) is 0 Å². The molecule has 178 valence electrons. The molecule has 0 aromatic heterocycles. The van der Waals surface area contributed by atoms with Crippen molar-refractivity contribution in [3.63, 3.8) is 0 Å². The van der Waals surface area contributed by atoms with Crippen molar-refractivity contribution < 1.29 is 13.2 Å². The molecular weight excluding hydrogens is 444 g/mol. The largest absolute Gasteiger partial charge is 0.339 e. The summed E-state index contributed by atoms with van der Waals surface area (Å²) in [4.78, 5) is 15.7. The first-order chi connectivity index (χ1) is 16.2. The highest BCUT2D eigenvalue weighted by atomic mass is 32.2. The molecule has 34 heavy (non-hydrogen) atoms. The minimum Gasteiger partial charge on any atom is -0.339 e. The molecule has 1 fully saturated rings. The molecule has 5 nitrogen and oxygen atoms in total. The summed E-state index contributed by atoms with van der Waals surface area (Å²) < 4.78 is 27.9. The molecule has 0 saturated carbocycles. The van der Waals surface area contributed by atoms with Crippen LogP contribution in [0, 0.1) is 0 Å². The molecule has 0 bridgehead atoms. The summed E-state index contributed by atoms with van der Waals surface area (Å²) in [6.45, 7) is 7.61. The third-order valence-electron chi connectivity index (χ3n) is 6.42. The van der Waals surface area contributed by atoms with Gasteiger partial charge < -0.3 is 4.90 Å². The van der Waals surface area contributed by atoms with Crippen molar-refractivity contribution in [1.82, 2.24) is 9.21 Å². The number of sulfonamides is 1. The number of benzene rings is 3. The van der Waals surface area contributed by atoms with Crippen LogP contribution in [0.25, 0.3) is 0 Å². The van der Waals surface area contributed by atoms with E-state index in [-0.39, 0.29) is 24.4 Å². The number of amides is 1. The van der Waals surface area contributed by atoms with Crippen LogP contribution in [-0.4, -0.2) is 49.7 Å². The van der Waals surface area contributed by atoms with Crippen LogP contribution in [0.4, 0.5) is 0 Å². The number of carbonyl (C=O) groups is 1. The highest BCUT2D eigenvalue weighted by Crippen LogP contribution is 2.29. The average molecular weight is 477 g/mol. The van der Waals surface area contributed by atoms with E-state index in [1.165, 1.54) is 4.31 Å².